The Morgan fingerprint density at radius 3 is 2.57 bits per heavy atom. The van der Waals surface area contributed by atoms with Gasteiger partial charge in [-0.05, 0) is 116 Å². The first-order valence-electron chi connectivity index (χ1n) is 15.2. The van der Waals surface area contributed by atoms with E-state index in [9.17, 15) is 4.79 Å². The fourth-order valence-corrected chi connectivity index (χ4v) is 9.70. The number of unbranched alkanes of at least 4 members (excludes halogenated alkanes) is 1. The molecule has 4 unspecified atom stereocenters. The summed E-state index contributed by atoms with van der Waals surface area (Å²) in [5, 5.41) is 8.65. The van der Waals surface area contributed by atoms with Crippen molar-refractivity contribution < 1.29 is 14.6 Å². The number of hydrogen-bond donors (Lipinski definition) is 1. The van der Waals surface area contributed by atoms with Crippen LogP contribution < -0.4 is 0 Å². The van der Waals surface area contributed by atoms with Crippen molar-refractivity contribution in [2.75, 3.05) is 6.61 Å². The van der Waals surface area contributed by atoms with Crippen LogP contribution in [-0.2, 0) is 4.74 Å². The van der Waals surface area contributed by atoms with Gasteiger partial charge in [0, 0.05) is 0 Å². The Hall–Kier alpha value is -0.990. The minimum atomic E-state index is -1.14. The van der Waals surface area contributed by atoms with Crippen molar-refractivity contribution in [2.45, 2.75) is 125 Å². The SMILES string of the molecule is CC(C)CCC[C@@H](C)[C@H]1CCC2C3CC=C4CC(CCCCOC(=O)O)CC[C@]4(C)C3CC[C@@]21C. The number of carboxylic acid groups (broad SMARTS) is 1. The molecule has 200 valence electrons. The lowest BCUT2D eigenvalue weighted by molar-refractivity contribution is -0.0530. The van der Waals surface area contributed by atoms with Crippen LogP contribution in [-0.4, -0.2) is 17.9 Å². The molecule has 3 fully saturated rings. The molecule has 3 nitrogen and oxygen atoms in total. The summed E-state index contributed by atoms with van der Waals surface area (Å²) in [6.07, 6.45) is 20.2. The lowest BCUT2D eigenvalue weighted by Gasteiger charge is -2.58. The first-order valence-corrected chi connectivity index (χ1v) is 15.2. The number of allylic oxidation sites excluding steroid dienone is 2. The summed E-state index contributed by atoms with van der Waals surface area (Å²) < 4.78 is 4.69. The summed E-state index contributed by atoms with van der Waals surface area (Å²) in [7, 11) is 0. The summed E-state index contributed by atoms with van der Waals surface area (Å²) in [6.45, 7) is 13.0. The maximum atomic E-state index is 10.5. The molecule has 0 bridgehead atoms. The molecule has 3 heteroatoms. The van der Waals surface area contributed by atoms with Gasteiger partial charge in [-0.1, -0.05) is 72.0 Å². The van der Waals surface area contributed by atoms with Gasteiger partial charge in [-0.25, -0.2) is 4.79 Å². The highest BCUT2D eigenvalue weighted by atomic mass is 16.7. The van der Waals surface area contributed by atoms with Gasteiger partial charge in [0.1, 0.15) is 0 Å². The van der Waals surface area contributed by atoms with Crippen molar-refractivity contribution in [3.63, 3.8) is 0 Å². The standard InChI is InChI=1S/C32H54O3/c1-22(2)9-8-10-23(3)27-14-15-28-26-13-12-25-21-24(11-6-7-20-35-30(33)34)16-18-31(25,4)29(26)17-19-32(27,28)5/h12,22-24,26-29H,6-11,13-21H2,1-5H3,(H,33,34)/t23-,24?,26?,27-,28?,29?,31+,32-/m1/s1. The number of hydrogen-bond acceptors (Lipinski definition) is 2. The lowest BCUT2D eigenvalue weighted by atomic mass is 9.46. The zero-order chi connectivity index (χ0) is 25.2. The fourth-order valence-electron chi connectivity index (χ4n) is 9.70. The van der Waals surface area contributed by atoms with Crippen LogP contribution in [0.15, 0.2) is 11.6 Å². The molecular weight excluding hydrogens is 432 g/mol. The van der Waals surface area contributed by atoms with Crippen LogP contribution in [0.25, 0.3) is 0 Å². The van der Waals surface area contributed by atoms with Gasteiger partial charge < -0.3 is 9.84 Å². The van der Waals surface area contributed by atoms with E-state index in [2.05, 4.69) is 40.7 Å². The second kappa shape index (κ2) is 11.2. The molecule has 8 atom stereocenters. The van der Waals surface area contributed by atoms with Crippen LogP contribution in [0.4, 0.5) is 4.79 Å². The second-order valence-corrected chi connectivity index (χ2v) is 14.0. The van der Waals surface area contributed by atoms with E-state index < -0.39 is 6.16 Å². The predicted molar refractivity (Wildman–Crippen MR) is 144 cm³/mol. The van der Waals surface area contributed by atoms with Crippen molar-refractivity contribution >= 4 is 6.16 Å². The molecule has 0 aromatic carbocycles. The Kier molecular flexibility index (Phi) is 8.64. The third-order valence-corrected chi connectivity index (χ3v) is 11.6. The van der Waals surface area contributed by atoms with Crippen LogP contribution in [0.3, 0.4) is 0 Å². The van der Waals surface area contributed by atoms with Crippen molar-refractivity contribution in [1.29, 1.82) is 0 Å². The van der Waals surface area contributed by atoms with Gasteiger partial charge in [-0.15, -0.1) is 0 Å². The second-order valence-electron chi connectivity index (χ2n) is 14.0. The maximum Gasteiger partial charge on any atom is 0.505 e. The average Bonchev–Trinajstić information content (AvgIpc) is 3.15. The van der Waals surface area contributed by atoms with E-state index in [1.54, 1.807) is 5.57 Å². The molecule has 4 aliphatic rings. The lowest BCUT2D eigenvalue weighted by Crippen LogP contribution is -2.50. The molecule has 4 rings (SSSR count). The van der Waals surface area contributed by atoms with Gasteiger partial charge in [0.25, 0.3) is 0 Å². The van der Waals surface area contributed by atoms with Crippen molar-refractivity contribution in [1.82, 2.24) is 0 Å². The van der Waals surface area contributed by atoms with Crippen LogP contribution in [0.2, 0.25) is 0 Å². The van der Waals surface area contributed by atoms with Crippen LogP contribution in [0.5, 0.6) is 0 Å². The monoisotopic (exact) mass is 486 g/mol. The quantitative estimate of drug-likeness (QED) is 0.190. The average molecular weight is 487 g/mol. The largest absolute Gasteiger partial charge is 0.505 e. The van der Waals surface area contributed by atoms with Gasteiger partial charge in [-0.2, -0.15) is 0 Å². The molecular formula is C32H54O3. The molecule has 0 radical (unpaired) electrons. The Bertz CT molecular complexity index is 756. The molecule has 0 heterocycles. The van der Waals surface area contributed by atoms with E-state index >= 15 is 0 Å². The first kappa shape index (κ1) is 27.1. The van der Waals surface area contributed by atoms with Gasteiger partial charge >= 0.3 is 6.16 Å². The van der Waals surface area contributed by atoms with Gasteiger partial charge in [0.2, 0.25) is 0 Å². The minimum absolute atomic E-state index is 0.351. The molecule has 0 amide bonds. The Balaban J connectivity index is 1.36. The van der Waals surface area contributed by atoms with Crippen molar-refractivity contribution in [3.05, 3.63) is 11.6 Å². The Morgan fingerprint density at radius 1 is 1.03 bits per heavy atom. The number of rotatable bonds is 10. The van der Waals surface area contributed by atoms with Gasteiger partial charge in [-0.3, -0.25) is 0 Å². The number of ether oxygens (including phenoxy) is 1. The van der Waals surface area contributed by atoms with Crippen LogP contribution in [0, 0.1) is 52.3 Å². The van der Waals surface area contributed by atoms with Crippen molar-refractivity contribution in [3.8, 4) is 0 Å². The molecule has 0 spiro atoms. The normalized spacial score (nSPS) is 39.4. The molecule has 1 N–H and O–H groups in total. The van der Waals surface area contributed by atoms with E-state index in [1.807, 2.05) is 0 Å². The third kappa shape index (κ3) is 5.64. The molecule has 3 saturated carbocycles. The summed E-state index contributed by atoms with van der Waals surface area (Å²) in [4.78, 5) is 10.5. The Morgan fingerprint density at radius 2 is 1.83 bits per heavy atom. The first-order chi connectivity index (χ1) is 16.6. The summed E-state index contributed by atoms with van der Waals surface area (Å²) >= 11 is 0. The number of fused-ring (bicyclic) bond motifs is 5. The molecule has 0 aromatic heterocycles. The molecule has 4 aliphatic carbocycles. The minimum Gasteiger partial charge on any atom is -0.450 e. The zero-order valence-electron chi connectivity index (χ0n) is 23.5. The van der Waals surface area contributed by atoms with Gasteiger partial charge in [0.05, 0.1) is 6.61 Å². The van der Waals surface area contributed by atoms with E-state index in [-0.39, 0.29) is 0 Å². The van der Waals surface area contributed by atoms with E-state index in [0.29, 0.717) is 17.4 Å². The van der Waals surface area contributed by atoms with Crippen LogP contribution in [0.1, 0.15) is 125 Å². The van der Waals surface area contributed by atoms with Crippen LogP contribution >= 0.6 is 0 Å². The highest BCUT2D eigenvalue weighted by molar-refractivity contribution is 5.56. The topological polar surface area (TPSA) is 46.5 Å². The maximum absolute atomic E-state index is 10.5. The van der Waals surface area contributed by atoms with E-state index in [0.717, 1.165) is 54.3 Å². The van der Waals surface area contributed by atoms with E-state index in [1.165, 1.54) is 77.0 Å². The molecule has 0 aliphatic heterocycles. The van der Waals surface area contributed by atoms with Crippen molar-refractivity contribution in [2.24, 2.45) is 52.3 Å². The van der Waals surface area contributed by atoms with Gasteiger partial charge in [0.15, 0.2) is 0 Å². The summed E-state index contributed by atoms with van der Waals surface area (Å²) in [6, 6.07) is 0. The summed E-state index contributed by atoms with van der Waals surface area (Å²) in [5.74, 6) is 6.23. The molecule has 0 saturated heterocycles. The fraction of sp³-hybridized carbons (Fsp3) is 0.906. The van der Waals surface area contributed by atoms with E-state index in [4.69, 9.17) is 9.84 Å². The zero-order valence-corrected chi connectivity index (χ0v) is 23.5. The highest BCUT2D eigenvalue weighted by Crippen LogP contribution is 2.67. The predicted octanol–water partition coefficient (Wildman–Crippen LogP) is 9.51. The smallest absolute Gasteiger partial charge is 0.450 e. The Labute approximate surface area is 215 Å². The summed E-state index contributed by atoms with van der Waals surface area (Å²) in [5.41, 5.74) is 2.81. The highest BCUT2D eigenvalue weighted by Gasteiger charge is 2.59. The number of carbonyl (C=O) groups is 1. The molecule has 0 aromatic rings. The molecule has 35 heavy (non-hydrogen) atoms. The third-order valence-electron chi connectivity index (χ3n) is 11.6.